The molecule has 1 amide bonds. The predicted molar refractivity (Wildman–Crippen MR) is 37.7 cm³/mol. The minimum absolute atomic E-state index is 0.290. The third kappa shape index (κ3) is 1.58. The Morgan fingerprint density at radius 1 is 1.64 bits per heavy atom. The molecule has 0 saturated carbocycles. The van der Waals surface area contributed by atoms with Crippen molar-refractivity contribution >= 4 is 11.9 Å². The van der Waals surface area contributed by atoms with Gasteiger partial charge >= 0.3 is 11.9 Å². The number of carbonyl (C=O) groups excluding carboxylic acids is 2. The third-order valence-corrected chi connectivity index (χ3v) is 1.41. The molecule has 1 saturated heterocycles. The van der Waals surface area contributed by atoms with Gasteiger partial charge in [0, 0.05) is 6.54 Å². The van der Waals surface area contributed by atoms with Gasteiger partial charge in [0.2, 0.25) is 0 Å². The summed E-state index contributed by atoms with van der Waals surface area (Å²) in [5.74, 6) is -1.34. The van der Waals surface area contributed by atoms with Crippen molar-refractivity contribution in [1.82, 2.24) is 4.90 Å². The van der Waals surface area contributed by atoms with E-state index in [2.05, 4.69) is 11.3 Å². The van der Waals surface area contributed by atoms with Crippen molar-refractivity contribution in [3.05, 3.63) is 12.7 Å². The first-order valence-corrected chi connectivity index (χ1v) is 3.32. The number of ether oxygens (including phenoxy) is 1. The lowest BCUT2D eigenvalue weighted by Gasteiger charge is -2.23. The average Bonchev–Trinajstić information content (AvgIpc) is 1.99. The van der Waals surface area contributed by atoms with E-state index in [1.165, 1.54) is 4.90 Å². The van der Waals surface area contributed by atoms with Crippen LogP contribution in [0.15, 0.2) is 12.7 Å². The van der Waals surface area contributed by atoms with Gasteiger partial charge in [0.1, 0.15) is 6.61 Å². The molecular formula is C7H9NO3. The maximum Gasteiger partial charge on any atom is 0.397 e. The monoisotopic (exact) mass is 155 g/mol. The number of carbonyl (C=O) groups is 2. The number of morpholine rings is 1. The van der Waals surface area contributed by atoms with Crippen LogP contribution < -0.4 is 0 Å². The minimum atomic E-state index is -0.766. The van der Waals surface area contributed by atoms with Gasteiger partial charge in [-0.05, 0) is 0 Å². The van der Waals surface area contributed by atoms with Gasteiger partial charge in [-0.15, -0.1) is 6.58 Å². The first-order chi connectivity index (χ1) is 5.25. The van der Waals surface area contributed by atoms with Gasteiger partial charge in [0.25, 0.3) is 0 Å². The van der Waals surface area contributed by atoms with E-state index in [1.54, 1.807) is 6.08 Å². The molecule has 60 valence electrons. The van der Waals surface area contributed by atoms with Crippen LogP contribution in [0.3, 0.4) is 0 Å². The Morgan fingerprint density at radius 3 is 3.00 bits per heavy atom. The van der Waals surface area contributed by atoms with E-state index in [9.17, 15) is 9.59 Å². The molecule has 1 rings (SSSR count). The van der Waals surface area contributed by atoms with Crippen LogP contribution in [0, 0.1) is 0 Å². The number of cyclic esters (lactones) is 1. The van der Waals surface area contributed by atoms with E-state index < -0.39 is 11.9 Å². The van der Waals surface area contributed by atoms with Crippen LogP contribution >= 0.6 is 0 Å². The highest BCUT2D eigenvalue weighted by Crippen LogP contribution is 1.99. The van der Waals surface area contributed by atoms with Crippen molar-refractivity contribution in [2.45, 2.75) is 0 Å². The Balaban J connectivity index is 2.58. The molecule has 4 nitrogen and oxygen atoms in total. The standard InChI is InChI=1S/C7H9NO3/c1-2-3-8-4-5-11-7(10)6(8)9/h2H,1,3-5H2. The zero-order valence-corrected chi connectivity index (χ0v) is 6.08. The molecule has 4 heteroatoms. The summed E-state index contributed by atoms with van der Waals surface area (Å²) in [6.07, 6.45) is 1.58. The van der Waals surface area contributed by atoms with Crippen LogP contribution in [0.4, 0.5) is 0 Å². The van der Waals surface area contributed by atoms with Gasteiger partial charge in [-0.2, -0.15) is 0 Å². The normalized spacial score (nSPS) is 18.0. The van der Waals surface area contributed by atoms with E-state index in [0.29, 0.717) is 19.7 Å². The Hall–Kier alpha value is -1.32. The molecule has 0 bridgehead atoms. The molecule has 0 atom stereocenters. The van der Waals surface area contributed by atoms with Gasteiger partial charge in [-0.25, -0.2) is 4.79 Å². The van der Waals surface area contributed by atoms with E-state index in [0.717, 1.165) is 0 Å². The SMILES string of the molecule is C=CCN1CCOC(=O)C1=O. The van der Waals surface area contributed by atoms with Crippen molar-refractivity contribution < 1.29 is 14.3 Å². The first-order valence-electron chi connectivity index (χ1n) is 3.32. The molecule has 0 aromatic carbocycles. The summed E-state index contributed by atoms with van der Waals surface area (Å²) < 4.78 is 4.50. The van der Waals surface area contributed by atoms with Crippen LogP contribution in [-0.2, 0) is 14.3 Å². The zero-order chi connectivity index (χ0) is 8.27. The highest BCUT2D eigenvalue weighted by atomic mass is 16.5. The van der Waals surface area contributed by atoms with Crippen molar-refractivity contribution in [2.75, 3.05) is 19.7 Å². The summed E-state index contributed by atoms with van der Waals surface area (Å²) >= 11 is 0. The zero-order valence-electron chi connectivity index (χ0n) is 6.08. The Kier molecular flexibility index (Phi) is 2.25. The number of rotatable bonds is 2. The summed E-state index contributed by atoms with van der Waals surface area (Å²) in [6, 6.07) is 0. The Bertz CT molecular complexity index is 200. The van der Waals surface area contributed by atoms with Crippen LogP contribution in [-0.4, -0.2) is 36.5 Å². The minimum Gasteiger partial charge on any atom is -0.457 e. The molecule has 0 spiro atoms. The molecular weight excluding hydrogens is 146 g/mol. The molecule has 1 aliphatic rings. The molecule has 11 heavy (non-hydrogen) atoms. The second-order valence-corrected chi connectivity index (χ2v) is 2.18. The smallest absolute Gasteiger partial charge is 0.397 e. The number of nitrogens with zero attached hydrogens (tertiary/aromatic N) is 1. The maximum absolute atomic E-state index is 10.9. The highest BCUT2D eigenvalue weighted by molar-refractivity contribution is 6.32. The van der Waals surface area contributed by atoms with Gasteiger partial charge in [-0.1, -0.05) is 6.08 Å². The second-order valence-electron chi connectivity index (χ2n) is 2.18. The predicted octanol–water partition coefficient (Wildman–Crippen LogP) is -0.442. The third-order valence-electron chi connectivity index (χ3n) is 1.41. The van der Waals surface area contributed by atoms with Gasteiger partial charge < -0.3 is 9.64 Å². The quantitative estimate of drug-likeness (QED) is 0.308. The number of hydrogen-bond acceptors (Lipinski definition) is 3. The summed E-state index contributed by atoms with van der Waals surface area (Å²) in [4.78, 5) is 23.0. The molecule has 0 aromatic rings. The average molecular weight is 155 g/mol. The van der Waals surface area contributed by atoms with Crippen LogP contribution in [0.25, 0.3) is 0 Å². The molecule has 0 aromatic heterocycles. The van der Waals surface area contributed by atoms with Crippen LogP contribution in [0.1, 0.15) is 0 Å². The van der Waals surface area contributed by atoms with Crippen molar-refractivity contribution in [3.8, 4) is 0 Å². The fraction of sp³-hybridized carbons (Fsp3) is 0.429. The second kappa shape index (κ2) is 3.18. The Morgan fingerprint density at radius 2 is 2.36 bits per heavy atom. The number of hydrogen-bond donors (Lipinski definition) is 0. The first kappa shape index (κ1) is 7.78. The molecule has 0 radical (unpaired) electrons. The summed E-state index contributed by atoms with van der Waals surface area (Å²) in [6.45, 7) is 4.64. The molecule has 1 fully saturated rings. The number of amides is 1. The molecule has 1 aliphatic heterocycles. The van der Waals surface area contributed by atoms with E-state index in [-0.39, 0.29) is 0 Å². The lowest BCUT2D eigenvalue weighted by Crippen LogP contribution is -2.44. The topological polar surface area (TPSA) is 46.6 Å². The molecule has 0 unspecified atom stereocenters. The van der Waals surface area contributed by atoms with Gasteiger partial charge in [0.05, 0.1) is 6.54 Å². The van der Waals surface area contributed by atoms with Gasteiger partial charge in [-0.3, -0.25) is 4.79 Å². The van der Waals surface area contributed by atoms with Crippen molar-refractivity contribution in [3.63, 3.8) is 0 Å². The summed E-state index contributed by atoms with van der Waals surface area (Å²) in [5, 5.41) is 0. The lowest BCUT2D eigenvalue weighted by atomic mass is 10.4. The van der Waals surface area contributed by atoms with Crippen molar-refractivity contribution in [1.29, 1.82) is 0 Å². The Labute approximate surface area is 64.4 Å². The van der Waals surface area contributed by atoms with Crippen molar-refractivity contribution in [2.24, 2.45) is 0 Å². The summed E-state index contributed by atoms with van der Waals surface area (Å²) in [7, 11) is 0. The van der Waals surface area contributed by atoms with E-state index >= 15 is 0 Å². The van der Waals surface area contributed by atoms with E-state index in [4.69, 9.17) is 0 Å². The van der Waals surface area contributed by atoms with Crippen LogP contribution in [0.2, 0.25) is 0 Å². The maximum atomic E-state index is 10.9. The molecule has 0 aliphatic carbocycles. The molecule has 1 heterocycles. The number of esters is 1. The largest absolute Gasteiger partial charge is 0.457 e. The van der Waals surface area contributed by atoms with E-state index in [1.807, 2.05) is 0 Å². The van der Waals surface area contributed by atoms with Gasteiger partial charge in [0.15, 0.2) is 0 Å². The molecule has 0 N–H and O–H groups in total. The lowest BCUT2D eigenvalue weighted by molar-refractivity contribution is -0.165. The fourth-order valence-electron chi connectivity index (χ4n) is 0.871. The van der Waals surface area contributed by atoms with Crippen LogP contribution in [0.5, 0.6) is 0 Å². The fourth-order valence-corrected chi connectivity index (χ4v) is 0.871. The summed E-state index contributed by atoms with van der Waals surface area (Å²) in [5.41, 5.74) is 0. The highest BCUT2D eigenvalue weighted by Gasteiger charge is 2.26.